The number of esters is 3. The SMILES string of the molecule is CCCCCCCC/C=C\CCCCCC(=O)OC(COC(=O)CCCCCCCCCCCCCCCC)COP(=O)(O)OC1C(OC2OC(CO)C(O)C(O)C2O)C(O)C(O)C(O)C1OC1OC(COC(=O)CCCCCCCCCCCCCCCCCC)C(O)C(O)C1O. The van der Waals surface area contributed by atoms with E-state index in [-0.39, 0.29) is 19.3 Å². The van der Waals surface area contributed by atoms with Crippen molar-refractivity contribution in [1.82, 2.24) is 0 Å². The second kappa shape index (κ2) is 55.2. The van der Waals surface area contributed by atoms with Crippen molar-refractivity contribution < 1.29 is 117 Å². The number of rotatable bonds is 60. The molecule has 0 aromatic rings. The Balaban J connectivity index is 1.72. The first-order chi connectivity index (χ1) is 47.3. The van der Waals surface area contributed by atoms with Crippen molar-refractivity contribution in [1.29, 1.82) is 0 Å². The van der Waals surface area contributed by atoms with Gasteiger partial charge in [-0.05, 0) is 44.9 Å². The van der Waals surface area contributed by atoms with Gasteiger partial charge in [0, 0.05) is 19.3 Å². The largest absolute Gasteiger partial charge is 0.472 e. The third-order valence-corrected chi connectivity index (χ3v) is 20.0. The summed E-state index contributed by atoms with van der Waals surface area (Å²) in [5.74, 6) is -2.00. The van der Waals surface area contributed by atoms with Gasteiger partial charge in [-0.2, -0.15) is 0 Å². The summed E-state index contributed by atoms with van der Waals surface area (Å²) in [5, 5.41) is 110. The fourth-order valence-electron chi connectivity index (χ4n) is 12.8. The van der Waals surface area contributed by atoms with Crippen LogP contribution in [0.3, 0.4) is 0 Å². The molecule has 1 aliphatic carbocycles. The van der Waals surface area contributed by atoms with Crippen LogP contribution in [0.1, 0.15) is 303 Å². The lowest BCUT2D eigenvalue weighted by Crippen LogP contribution is -2.69. The standard InChI is InChI=1S/C73H135O24P/c1-4-7-10-13-16-19-22-25-27-28-31-33-36-39-42-45-48-58(76)90-53-56-61(79)63(81)68(86)73(94-56)96-70-66(84)64(82)65(83)69(95-72-67(85)62(80)60(78)55(50-74)93-72)71(70)97-98(87,88)91-52-54(92-59(77)49-46-43-40-37-34-29-24-21-18-15-12-9-6-3)51-89-57(75)47-44-41-38-35-32-30-26-23-20-17-14-11-8-5-2/h29,34,54-56,60-74,78-86H,4-28,30-33,35-53H2,1-3H3,(H,87,88)/b34-29-. The Kier molecular flexibility index (Phi) is 50.7. The maximum absolute atomic E-state index is 14.3. The molecule has 18 unspecified atom stereocenters. The molecule has 0 amide bonds. The fourth-order valence-corrected chi connectivity index (χ4v) is 13.7. The average molecular weight is 1430 g/mol. The molecule has 25 heteroatoms. The maximum Gasteiger partial charge on any atom is 0.472 e. The van der Waals surface area contributed by atoms with E-state index in [1.54, 1.807) is 0 Å². The summed E-state index contributed by atoms with van der Waals surface area (Å²) in [6.45, 7) is 3.44. The van der Waals surface area contributed by atoms with Crippen LogP contribution in [0.2, 0.25) is 0 Å². The van der Waals surface area contributed by atoms with E-state index in [0.717, 1.165) is 89.9 Å². The van der Waals surface area contributed by atoms with E-state index in [2.05, 4.69) is 32.9 Å². The molecule has 0 bridgehead atoms. The second-order valence-corrected chi connectivity index (χ2v) is 29.1. The van der Waals surface area contributed by atoms with Crippen molar-refractivity contribution >= 4 is 25.7 Å². The molecule has 1 saturated carbocycles. The van der Waals surface area contributed by atoms with E-state index in [1.165, 1.54) is 148 Å². The van der Waals surface area contributed by atoms with Crippen LogP contribution in [0.4, 0.5) is 0 Å². The van der Waals surface area contributed by atoms with Crippen molar-refractivity contribution in [3.63, 3.8) is 0 Å². The zero-order valence-corrected chi connectivity index (χ0v) is 61.0. The van der Waals surface area contributed by atoms with Gasteiger partial charge < -0.3 is 89.1 Å². The molecule has 0 spiro atoms. The lowest BCUT2D eigenvalue weighted by Gasteiger charge is -2.49. The minimum absolute atomic E-state index is 0.0323. The van der Waals surface area contributed by atoms with Gasteiger partial charge >= 0.3 is 25.7 Å². The highest BCUT2D eigenvalue weighted by Crippen LogP contribution is 2.49. The number of allylic oxidation sites excluding steroid dienone is 2. The van der Waals surface area contributed by atoms with Crippen molar-refractivity contribution in [2.75, 3.05) is 26.4 Å². The van der Waals surface area contributed by atoms with Crippen LogP contribution in [0.15, 0.2) is 12.2 Å². The Morgan fingerprint density at radius 3 is 1.11 bits per heavy atom. The van der Waals surface area contributed by atoms with Crippen LogP contribution >= 0.6 is 7.82 Å². The van der Waals surface area contributed by atoms with Crippen LogP contribution in [0, 0.1) is 0 Å². The molecule has 2 saturated heterocycles. The molecule has 3 aliphatic rings. The first kappa shape index (κ1) is 89.9. The van der Waals surface area contributed by atoms with E-state index in [1.807, 2.05) is 0 Å². The number of aliphatic hydroxyl groups excluding tert-OH is 10. The molecule has 576 valence electrons. The number of hydrogen-bond acceptors (Lipinski definition) is 23. The number of carbonyl (C=O) groups is 3. The van der Waals surface area contributed by atoms with E-state index < -0.39 is 156 Å². The summed E-state index contributed by atoms with van der Waals surface area (Å²) < 4.78 is 65.0. The predicted molar refractivity (Wildman–Crippen MR) is 370 cm³/mol. The van der Waals surface area contributed by atoms with Crippen LogP contribution in [-0.4, -0.2) is 204 Å². The van der Waals surface area contributed by atoms with E-state index in [9.17, 15) is 74.9 Å². The lowest BCUT2D eigenvalue weighted by molar-refractivity contribution is -0.360. The van der Waals surface area contributed by atoms with Crippen molar-refractivity contribution in [3.8, 4) is 0 Å². The van der Waals surface area contributed by atoms with Crippen LogP contribution in [0.5, 0.6) is 0 Å². The Morgan fingerprint density at radius 2 is 0.714 bits per heavy atom. The van der Waals surface area contributed by atoms with Gasteiger partial charge in [0.15, 0.2) is 18.7 Å². The molecular formula is C73H135O24P. The number of phosphoric ester groups is 1. The highest BCUT2D eigenvalue weighted by Gasteiger charge is 2.58. The van der Waals surface area contributed by atoms with Crippen LogP contribution in [-0.2, 0) is 61.2 Å². The number of hydrogen-bond donors (Lipinski definition) is 11. The molecule has 0 aromatic heterocycles. The Hall–Kier alpha value is -2.30. The molecule has 0 radical (unpaired) electrons. The van der Waals surface area contributed by atoms with Crippen molar-refractivity contribution in [3.05, 3.63) is 12.2 Å². The van der Waals surface area contributed by atoms with E-state index in [0.29, 0.717) is 25.7 Å². The van der Waals surface area contributed by atoms with Gasteiger partial charge in [0.05, 0.1) is 13.2 Å². The third kappa shape index (κ3) is 37.9. The summed E-state index contributed by atoms with van der Waals surface area (Å²) >= 11 is 0. The highest BCUT2D eigenvalue weighted by atomic mass is 31.2. The number of carbonyl (C=O) groups excluding carboxylic acids is 3. The number of ether oxygens (including phenoxy) is 7. The van der Waals surface area contributed by atoms with Crippen molar-refractivity contribution in [2.45, 2.75) is 407 Å². The fraction of sp³-hybridized carbons (Fsp3) is 0.932. The highest BCUT2D eigenvalue weighted by molar-refractivity contribution is 7.47. The maximum atomic E-state index is 14.3. The van der Waals surface area contributed by atoms with Crippen molar-refractivity contribution in [2.24, 2.45) is 0 Å². The Bertz CT molecular complexity index is 2080. The molecular weight excluding hydrogens is 1290 g/mol. The van der Waals surface area contributed by atoms with Gasteiger partial charge in [0.1, 0.15) is 98.7 Å². The van der Waals surface area contributed by atoms with Gasteiger partial charge in [-0.15, -0.1) is 0 Å². The molecule has 3 rings (SSSR count). The first-order valence-electron chi connectivity index (χ1n) is 38.5. The van der Waals surface area contributed by atoms with Gasteiger partial charge in [-0.3, -0.25) is 23.4 Å². The second-order valence-electron chi connectivity index (χ2n) is 27.7. The smallest absolute Gasteiger partial charge is 0.463 e. The zero-order chi connectivity index (χ0) is 71.8. The van der Waals surface area contributed by atoms with E-state index >= 15 is 0 Å². The Labute approximate surface area is 586 Å². The van der Waals surface area contributed by atoms with Gasteiger partial charge in [0.2, 0.25) is 0 Å². The summed E-state index contributed by atoms with van der Waals surface area (Å²) in [4.78, 5) is 51.0. The Morgan fingerprint density at radius 1 is 0.388 bits per heavy atom. The lowest BCUT2D eigenvalue weighted by atomic mass is 9.84. The van der Waals surface area contributed by atoms with Gasteiger partial charge in [0.25, 0.3) is 0 Å². The summed E-state index contributed by atoms with van der Waals surface area (Å²) in [6.07, 6.45) is 14.2. The summed E-state index contributed by atoms with van der Waals surface area (Å²) in [5.41, 5.74) is 0. The molecule has 2 aliphatic heterocycles. The van der Waals surface area contributed by atoms with Gasteiger partial charge in [-0.25, -0.2) is 4.57 Å². The monoisotopic (exact) mass is 1430 g/mol. The minimum Gasteiger partial charge on any atom is -0.463 e. The normalized spacial score (nSPS) is 27.7. The molecule has 18 atom stereocenters. The first-order valence-corrected chi connectivity index (χ1v) is 40.0. The summed E-state index contributed by atoms with van der Waals surface area (Å²) in [6, 6.07) is 0. The van der Waals surface area contributed by atoms with Crippen LogP contribution in [0.25, 0.3) is 0 Å². The summed E-state index contributed by atoms with van der Waals surface area (Å²) in [7, 11) is -5.70. The molecule has 24 nitrogen and oxygen atoms in total. The van der Waals surface area contributed by atoms with E-state index in [4.69, 9.17) is 42.2 Å². The number of aliphatic hydroxyl groups is 10. The zero-order valence-electron chi connectivity index (χ0n) is 60.1. The molecule has 3 fully saturated rings. The third-order valence-electron chi connectivity index (χ3n) is 19.0. The topological polar surface area (TPSA) is 374 Å². The van der Waals surface area contributed by atoms with Gasteiger partial charge in [-0.1, -0.05) is 251 Å². The average Bonchev–Trinajstić information content (AvgIpc) is 0.762. The molecule has 11 N–H and O–H groups in total. The number of unbranched alkanes of at least 4 members (excludes halogenated alkanes) is 37. The predicted octanol–water partition coefficient (Wildman–Crippen LogP) is 10.7. The molecule has 2 heterocycles. The molecule has 0 aromatic carbocycles. The molecule has 98 heavy (non-hydrogen) atoms. The quantitative estimate of drug-likeness (QED) is 0.00886. The minimum atomic E-state index is -5.70. The number of phosphoric acid groups is 1. The van der Waals surface area contributed by atoms with Crippen LogP contribution < -0.4 is 0 Å².